The number of ether oxygens (including phenoxy) is 3. The minimum absolute atomic E-state index is 0.147. The molecule has 0 radical (unpaired) electrons. The molecule has 31 heavy (non-hydrogen) atoms. The summed E-state index contributed by atoms with van der Waals surface area (Å²) < 4.78 is 17.8. The molecule has 0 amide bonds. The summed E-state index contributed by atoms with van der Waals surface area (Å²) in [6.07, 6.45) is 1.62. The van der Waals surface area contributed by atoms with E-state index in [4.69, 9.17) is 25.8 Å². The number of benzene rings is 3. The molecule has 3 aromatic rings. The molecule has 0 N–H and O–H groups in total. The van der Waals surface area contributed by atoms with Gasteiger partial charge in [0.2, 0.25) is 5.90 Å². The average molecular weight is 499 g/mol. The highest BCUT2D eigenvalue weighted by molar-refractivity contribution is 9.10. The van der Waals surface area contributed by atoms with Gasteiger partial charge in [-0.25, -0.2) is 9.79 Å². The van der Waals surface area contributed by atoms with Gasteiger partial charge in [0.05, 0.1) is 17.7 Å². The smallest absolute Gasteiger partial charge is 0.363 e. The van der Waals surface area contributed by atoms with E-state index in [0.717, 1.165) is 10.0 Å². The highest BCUT2D eigenvalue weighted by Gasteiger charge is 2.26. The Hall–Kier alpha value is -3.09. The maximum absolute atomic E-state index is 12.4. The fraction of sp³-hybridized carbons (Fsp3) is 0.0833. The van der Waals surface area contributed by atoms with E-state index in [1.165, 1.54) is 0 Å². The lowest BCUT2D eigenvalue weighted by Crippen LogP contribution is -2.06. The van der Waals surface area contributed by atoms with Crippen LogP contribution in [0.5, 0.6) is 11.5 Å². The van der Waals surface area contributed by atoms with Gasteiger partial charge >= 0.3 is 5.97 Å². The molecule has 1 aliphatic rings. The van der Waals surface area contributed by atoms with Gasteiger partial charge in [0.1, 0.15) is 6.61 Å². The van der Waals surface area contributed by atoms with Gasteiger partial charge < -0.3 is 14.2 Å². The summed E-state index contributed by atoms with van der Waals surface area (Å²) in [5.74, 6) is 0.653. The van der Waals surface area contributed by atoms with Crippen LogP contribution in [0.15, 0.2) is 81.9 Å². The number of para-hydroxylation sites is 1. The molecule has 0 aromatic heterocycles. The summed E-state index contributed by atoms with van der Waals surface area (Å²) in [5.41, 5.74) is 2.32. The summed E-state index contributed by atoms with van der Waals surface area (Å²) >= 11 is 9.73. The molecular formula is C24H17BrClNO4. The molecule has 0 atom stereocenters. The van der Waals surface area contributed by atoms with Crippen LogP contribution in [0.3, 0.4) is 0 Å². The Morgan fingerprint density at radius 2 is 1.84 bits per heavy atom. The number of methoxy groups -OCH3 is 1. The zero-order valence-electron chi connectivity index (χ0n) is 16.5. The first-order valence-corrected chi connectivity index (χ1v) is 10.5. The second-order valence-electron chi connectivity index (χ2n) is 6.57. The number of carbonyl (C=O) groups is 1. The number of hydrogen-bond acceptors (Lipinski definition) is 5. The van der Waals surface area contributed by atoms with Gasteiger partial charge in [-0.2, -0.15) is 0 Å². The predicted octanol–water partition coefficient (Wildman–Crippen LogP) is 6.03. The number of carbonyl (C=O) groups excluding carboxylic acids is 1. The maximum atomic E-state index is 12.4. The van der Waals surface area contributed by atoms with E-state index < -0.39 is 5.97 Å². The van der Waals surface area contributed by atoms with Crippen molar-refractivity contribution in [3.05, 3.63) is 98.6 Å². The molecular weight excluding hydrogens is 482 g/mol. The van der Waals surface area contributed by atoms with Crippen molar-refractivity contribution in [1.29, 1.82) is 0 Å². The number of halogens is 2. The zero-order valence-corrected chi connectivity index (χ0v) is 18.8. The van der Waals surface area contributed by atoms with E-state index in [9.17, 15) is 4.79 Å². The monoisotopic (exact) mass is 497 g/mol. The van der Waals surface area contributed by atoms with Crippen LogP contribution >= 0.6 is 27.5 Å². The van der Waals surface area contributed by atoms with Gasteiger partial charge in [0.25, 0.3) is 0 Å². The van der Waals surface area contributed by atoms with Gasteiger partial charge in [0.15, 0.2) is 17.2 Å². The molecule has 0 aliphatic carbocycles. The number of rotatable bonds is 6. The molecule has 0 saturated carbocycles. The van der Waals surface area contributed by atoms with Gasteiger partial charge in [-0.05, 0) is 30.3 Å². The van der Waals surface area contributed by atoms with Crippen LogP contribution in [0, 0.1) is 0 Å². The Labute approximate surface area is 193 Å². The molecule has 0 bridgehead atoms. The first-order chi connectivity index (χ1) is 15.1. The molecule has 0 spiro atoms. The van der Waals surface area contributed by atoms with E-state index >= 15 is 0 Å². The van der Waals surface area contributed by atoms with Crippen molar-refractivity contribution in [2.75, 3.05) is 7.11 Å². The van der Waals surface area contributed by atoms with Crippen LogP contribution in [0.4, 0.5) is 0 Å². The highest BCUT2D eigenvalue weighted by atomic mass is 79.9. The van der Waals surface area contributed by atoms with Gasteiger partial charge in [-0.15, -0.1) is 0 Å². The Balaban J connectivity index is 1.68. The summed E-state index contributed by atoms with van der Waals surface area (Å²) in [5, 5.41) is 0.453. The van der Waals surface area contributed by atoms with Crippen LogP contribution in [0.25, 0.3) is 6.08 Å². The second-order valence-corrected chi connectivity index (χ2v) is 7.84. The molecule has 0 unspecified atom stereocenters. The topological polar surface area (TPSA) is 57.1 Å². The number of nitrogens with zero attached hydrogens (tertiary/aromatic N) is 1. The quantitative estimate of drug-likeness (QED) is 0.307. The van der Waals surface area contributed by atoms with Crippen molar-refractivity contribution >= 4 is 45.5 Å². The molecule has 4 rings (SSSR count). The Bertz CT molecular complexity index is 1210. The molecule has 0 fully saturated rings. The van der Waals surface area contributed by atoms with Crippen LogP contribution in [0.2, 0.25) is 5.02 Å². The Morgan fingerprint density at radius 3 is 2.61 bits per heavy atom. The third-order valence-corrected chi connectivity index (χ3v) is 5.68. The maximum Gasteiger partial charge on any atom is 0.363 e. The van der Waals surface area contributed by atoms with Crippen LogP contribution < -0.4 is 9.47 Å². The second kappa shape index (κ2) is 9.37. The first-order valence-electron chi connectivity index (χ1n) is 9.37. The fourth-order valence-corrected chi connectivity index (χ4v) is 3.65. The largest absolute Gasteiger partial charge is 0.493 e. The van der Waals surface area contributed by atoms with Crippen molar-refractivity contribution in [2.45, 2.75) is 6.61 Å². The van der Waals surface area contributed by atoms with Crippen molar-refractivity contribution in [3.8, 4) is 11.5 Å². The highest BCUT2D eigenvalue weighted by Crippen LogP contribution is 2.35. The van der Waals surface area contributed by atoms with Crippen LogP contribution in [-0.2, 0) is 16.1 Å². The lowest BCUT2D eigenvalue weighted by atomic mass is 10.1. The lowest BCUT2D eigenvalue weighted by Gasteiger charge is -2.14. The Kier molecular flexibility index (Phi) is 6.39. The molecule has 0 saturated heterocycles. The van der Waals surface area contributed by atoms with E-state index in [1.807, 2.05) is 36.4 Å². The van der Waals surface area contributed by atoms with E-state index in [1.54, 1.807) is 43.5 Å². The molecule has 1 aliphatic heterocycles. The van der Waals surface area contributed by atoms with Crippen LogP contribution in [0.1, 0.15) is 16.7 Å². The van der Waals surface area contributed by atoms with Gasteiger partial charge in [0, 0.05) is 15.6 Å². The lowest BCUT2D eigenvalue weighted by molar-refractivity contribution is -0.129. The van der Waals surface area contributed by atoms with Gasteiger partial charge in [-0.3, -0.25) is 0 Å². The van der Waals surface area contributed by atoms with E-state index in [-0.39, 0.29) is 11.6 Å². The normalized spacial score (nSPS) is 14.4. The van der Waals surface area contributed by atoms with E-state index in [0.29, 0.717) is 34.3 Å². The first kappa shape index (κ1) is 21.2. The minimum atomic E-state index is -0.561. The summed E-state index contributed by atoms with van der Waals surface area (Å²) in [7, 11) is 1.56. The third-order valence-electron chi connectivity index (χ3n) is 4.58. The van der Waals surface area contributed by atoms with E-state index in [2.05, 4.69) is 20.9 Å². The summed E-state index contributed by atoms with van der Waals surface area (Å²) in [4.78, 5) is 16.8. The minimum Gasteiger partial charge on any atom is -0.493 e. The van der Waals surface area contributed by atoms with Crippen molar-refractivity contribution in [2.24, 2.45) is 4.99 Å². The number of hydrogen-bond donors (Lipinski definition) is 0. The summed E-state index contributed by atoms with van der Waals surface area (Å²) in [6.45, 7) is 0.316. The molecule has 5 nitrogen and oxygen atoms in total. The molecule has 7 heteroatoms. The predicted molar refractivity (Wildman–Crippen MR) is 124 cm³/mol. The van der Waals surface area contributed by atoms with Crippen molar-refractivity contribution in [3.63, 3.8) is 0 Å². The summed E-state index contributed by atoms with van der Waals surface area (Å²) in [6, 6.07) is 20.3. The standard InChI is InChI=1S/C24H17BrClNO4/c1-29-21-12-6-8-15(22(21)30-14-16-7-2-4-10-18(16)25)13-20-24(28)31-23(27-20)17-9-3-5-11-19(17)26/h2-13H,14H2,1H3/b20-13-. The number of esters is 1. The molecule has 3 aromatic carbocycles. The number of cyclic esters (lactones) is 1. The van der Waals surface area contributed by atoms with Crippen molar-refractivity contribution < 1.29 is 19.0 Å². The van der Waals surface area contributed by atoms with Crippen molar-refractivity contribution in [1.82, 2.24) is 0 Å². The SMILES string of the molecule is COc1cccc(/C=C2\N=C(c3ccccc3Cl)OC2=O)c1OCc1ccccc1Br. The molecule has 1 heterocycles. The zero-order chi connectivity index (χ0) is 21.8. The average Bonchev–Trinajstić information content (AvgIpc) is 3.14. The third kappa shape index (κ3) is 4.65. The van der Waals surface area contributed by atoms with Crippen LogP contribution in [-0.4, -0.2) is 19.0 Å². The Morgan fingerprint density at radius 1 is 1.06 bits per heavy atom. The molecule has 156 valence electrons. The number of aliphatic imine (C=N–C) groups is 1. The fourth-order valence-electron chi connectivity index (χ4n) is 3.03. The van der Waals surface area contributed by atoms with Gasteiger partial charge in [-0.1, -0.05) is 70.0 Å².